The number of carboxylic acids is 1. The Morgan fingerprint density at radius 2 is 1.71 bits per heavy atom. The Bertz CT molecular complexity index is 1310. The molecule has 0 bridgehead atoms. The highest BCUT2D eigenvalue weighted by Crippen LogP contribution is 2.33. The number of fused-ring (bicyclic) bond motifs is 1. The lowest BCUT2D eigenvalue weighted by atomic mass is 9.96. The van der Waals surface area contributed by atoms with E-state index in [0.29, 0.717) is 6.07 Å². The summed E-state index contributed by atoms with van der Waals surface area (Å²) < 4.78 is 92.9. The van der Waals surface area contributed by atoms with Gasteiger partial charge in [0.2, 0.25) is 11.7 Å². The van der Waals surface area contributed by atoms with E-state index in [1.54, 1.807) is 0 Å². The molecule has 0 spiro atoms. The summed E-state index contributed by atoms with van der Waals surface area (Å²) in [5.41, 5.74) is 5.31. The number of aliphatic hydroxyl groups is 3. The van der Waals surface area contributed by atoms with Gasteiger partial charge in [0.15, 0.2) is 29.9 Å². The quantitative estimate of drug-likeness (QED) is 0.202. The average molecular weight is 599 g/mol. The Hall–Kier alpha value is -3.36. The van der Waals surface area contributed by atoms with Gasteiger partial charge in [0, 0.05) is 37.2 Å². The zero-order chi connectivity index (χ0) is 30.4. The van der Waals surface area contributed by atoms with Crippen LogP contribution in [0.4, 0.5) is 26.3 Å². The summed E-state index contributed by atoms with van der Waals surface area (Å²) in [7, 11) is 0. The number of carbonyl (C=O) groups excluding carboxylic acids is 1. The summed E-state index contributed by atoms with van der Waals surface area (Å²) in [6.07, 6.45) is -18.1. The van der Waals surface area contributed by atoms with E-state index < -0.39 is 103 Å². The van der Waals surface area contributed by atoms with Crippen LogP contribution in [0.15, 0.2) is 12.1 Å². The molecule has 7 atom stereocenters. The highest BCUT2D eigenvalue weighted by atomic mass is 19.4. The standard InChI is InChI=1S/C22H23F6N5O8/c23-8-4-10(25)9(24)3-7(8)17(40-20-16(37)14(35)15(36)18(41-20)19(38)39)11(29)5-13(34)32-1-2-33-12(6-32)30-31-21(33)22(26,27)28/h3-4,11,14-18,20,35-37H,1-2,5-6,29H2,(H,38,39)/t11-,14-,15-,16+,17?,18-,20?/m0/s1. The fourth-order valence-electron chi connectivity index (χ4n) is 4.49. The van der Waals surface area contributed by atoms with Gasteiger partial charge >= 0.3 is 12.1 Å². The molecule has 2 aromatic rings. The van der Waals surface area contributed by atoms with Crippen LogP contribution >= 0.6 is 0 Å². The molecule has 2 aliphatic heterocycles. The molecular weight excluding hydrogens is 576 g/mol. The van der Waals surface area contributed by atoms with Crippen molar-refractivity contribution in [2.75, 3.05) is 6.54 Å². The van der Waals surface area contributed by atoms with E-state index in [1.807, 2.05) is 0 Å². The van der Waals surface area contributed by atoms with Crippen molar-refractivity contribution in [1.82, 2.24) is 19.7 Å². The Kier molecular flexibility index (Phi) is 8.58. The van der Waals surface area contributed by atoms with Gasteiger partial charge in [-0.1, -0.05) is 0 Å². The van der Waals surface area contributed by atoms with Gasteiger partial charge in [-0.05, 0) is 6.07 Å². The second-order valence-electron chi connectivity index (χ2n) is 9.35. The van der Waals surface area contributed by atoms with Crippen molar-refractivity contribution < 1.29 is 65.8 Å². The number of alkyl halides is 3. The van der Waals surface area contributed by atoms with Crippen LogP contribution in [-0.2, 0) is 38.3 Å². The van der Waals surface area contributed by atoms with Crippen molar-refractivity contribution in [3.05, 3.63) is 46.8 Å². The normalized spacial score (nSPS) is 26.4. The molecule has 6 N–H and O–H groups in total. The van der Waals surface area contributed by atoms with Gasteiger partial charge in [0.05, 0.1) is 6.54 Å². The summed E-state index contributed by atoms with van der Waals surface area (Å²) in [6, 6.07) is -1.16. The van der Waals surface area contributed by atoms with Gasteiger partial charge in [0.25, 0.3) is 0 Å². The van der Waals surface area contributed by atoms with Crippen molar-refractivity contribution in [2.24, 2.45) is 5.73 Å². The molecule has 41 heavy (non-hydrogen) atoms. The van der Waals surface area contributed by atoms with Crippen LogP contribution in [0.1, 0.15) is 29.7 Å². The molecule has 226 valence electrons. The van der Waals surface area contributed by atoms with Crippen LogP contribution in [0.3, 0.4) is 0 Å². The first-order valence-corrected chi connectivity index (χ1v) is 11.8. The molecule has 1 fully saturated rings. The van der Waals surface area contributed by atoms with E-state index in [1.165, 1.54) is 0 Å². The molecule has 13 nitrogen and oxygen atoms in total. The van der Waals surface area contributed by atoms with E-state index in [4.69, 9.17) is 15.2 Å². The summed E-state index contributed by atoms with van der Waals surface area (Å²) in [5, 5.41) is 46.0. The number of nitrogens with zero attached hydrogens (tertiary/aromatic N) is 4. The minimum atomic E-state index is -4.78. The van der Waals surface area contributed by atoms with Gasteiger partial charge in [-0.15, -0.1) is 10.2 Å². The third-order valence-corrected chi connectivity index (χ3v) is 6.60. The molecule has 3 heterocycles. The van der Waals surface area contributed by atoms with Gasteiger partial charge in [-0.2, -0.15) is 13.2 Å². The lowest BCUT2D eigenvalue weighted by molar-refractivity contribution is -0.307. The largest absolute Gasteiger partial charge is 0.479 e. The minimum Gasteiger partial charge on any atom is -0.479 e. The second-order valence-corrected chi connectivity index (χ2v) is 9.35. The number of benzene rings is 1. The Morgan fingerprint density at radius 1 is 1.05 bits per heavy atom. The Balaban J connectivity index is 1.58. The van der Waals surface area contributed by atoms with Crippen molar-refractivity contribution in [3.63, 3.8) is 0 Å². The number of ether oxygens (including phenoxy) is 2. The van der Waals surface area contributed by atoms with Crippen LogP contribution in [0, 0.1) is 17.5 Å². The molecule has 4 rings (SSSR count). The summed E-state index contributed by atoms with van der Waals surface area (Å²) in [6.45, 7) is -0.969. The summed E-state index contributed by atoms with van der Waals surface area (Å²) in [4.78, 5) is 25.5. The van der Waals surface area contributed by atoms with Crippen molar-refractivity contribution in [3.8, 4) is 0 Å². The van der Waals surface area contributed by atoms with E-state index in [2.05, 4.69) is 10.2 Å². The number of rotatable bonds is 7. The highest BCUT2D eigenvalue weighted by molar-refractivity contribution is 5.77. The zero-order valence-electron chi connectivity index (χ0n) is 20.6. The third-order valence-electron chi connectivity index (χ3n) is 6.60. The summed E-state index contributed by atoms with van der Waals surface area (Å²) >= 11 is 0. The maximum absolute atomic E-state index is 14.8. The lowest BCUT2D eigenvalue weighted by Gasteiger charge is -2.40. The Labute approximate surface area is 225 Å². The number of carbonyl (C=O) groups is 2. The third kappa shape index (κ3) is 6.14. The molecule has 19 heteroatoms. The van der Waals surface area contributed by atoms with E-state index in [-0.39, 0.29) is 25.0 Å². The zero-order valence-corrected chi connectivity index (χ0v) is 20.6. The number of hydrogen-bond donors (Lipinski definition) is 5. The second kappa shape index (κ2) is 11.5. The fraction of sp³-hybridized carbons (Fsp3) is 0.545. The summed E-state index contributed by atoms with van der Waals surface area (Å²) in [5.74, 6) is -8.59. The molecule has 1 saturated heterocycles. The SMILES string of the molecule is N[C@@H](CC(=O)N1CCn2c(nnc2C(F)(F)F)C1)C(OC1O[C@H](C(=O)O)[C@@H](O)[C@H](O)[C@H]1O)c1cc(F)c(F)cc1F. The van der Waals surface area contributed by atoms with Gasteiger partial charge < -0.3 is 45.1 Å². The maximum Gasteiger partial charge on any atom is 0.451 e. The average Bonchev–Trinajstić information content (AvgIpc) is 3.33. The lowest BCUT2D eigenvalue weighted by Crippen LogP contribution is -2.60. The monoisotopic (exact) mass is 599 g/mol. The van der Waals surface area contributed by atoms with E-state index in [9.17, 15) is 56.4 Å². The minimum absolute atomic E-state index is 0.141. The van der Waals surface area contributed by atoms with Gasteiger partial charge in [-0.3, -0.25) is 4.79 Å². The molecule has 0 aliphatic carbocycles. The number of carboxylic acid groups (broad SMARTS) is 1. The number of aliphatic carboxylic acids is 1. The first-order valence-electron chi connectivity index (χ1n) is 11.8. The molecular formula is C22H23F6N5O8. The highest BCUT2D eigenvalue weighted by Gasteiger charge is 2.49. The smallest absolute Gasteiger partial charge is 0.451 e. The first kappa shape index (κ1) is 30.6. The van der Waals surface area contributed by atoms with Crippen LogP contribution in [0.25, 0.3) is 0 Å². The maximum atomic E-state index is 14.8. The molecule has 2 unspecified atom stereocenters. The predicted octanol–water partition coefficient (Wildman–Crippen LogP) is -0.576. The number of hydrogen-bond acceptors (Lipinski definition) is 10. The predicted molar refractivity (Wildman–Crippen MR) is 117 cm³/mol. The molecule has 1 amide bonds. The molecule has 2 aliphatic rings. The number of aromatic nitrogens is 3. The van der Waals surface area contributed by atoms with Crippen LogP contribution < -0.4 is 5.73 Å². The van der Waals surface area contributed by atoms with Crippen molar-refractivity contribution >= 4 is 11.9 Å². The number of amides is 1. The Morgan fingerprint density at radius 3 is 2.34 bits per heavy atom. The van der Waals surface area contributed by atoms with Gasteiger partial charge in [-0.25, -0.2) is 18.0 Å². The first-order chi connectivity index (χ1) is 19.1. The van der Waals surface area contributed by atoms with Crippen LogP contribution in [0.5, 0.6) is 0 Å². The number of aliphatic hydroxyl groups excluding tert-OH is 3. The molecule has 0 radical (unpaired) electrons. The van der Waals surface area contributed by atoms with Crippen molar-refractivity contribution in [1.29, 1.82) is 0 Å². The van der Waals surface area contributed by atoms with Crippen molar-refractivity contribution in [2.45, 2.75) is 68.5 Å². The molecule has 1 aromatic carbocycles. The molecule has 1 aromatic heterocycles. The van der Waals surface area contributed by atoms with E-state index >= 15 is 0 Å². The van der Waals surface area contributed by atoms with Crippen LogP contribution in [-0.4, -0.2) is 95.3 Å². The topological polar surface area (TPSA) is 193 Å². The number of nitrogens with two attached hydrogens (primary N) is 1. The van der Waals surface area contributed by atoms with Crippen LogP contribution in [0.2, 0.25) is 0 Å². The number of halogens is 6. The molecule has 0 saturated carbocycles. The fourth-order valence-corrected chi connectivity index (χ4v) is 4.49. The van der Waals surface area contributed by atoms with E-state index in [0.717, 1.165) is 9.47 Å². The van der Waals surface area contributed by atoms with Gasteiger partial charge in [0.1, 0.15) is 30.2 Å².